The Kier molecular flexibility index (Phi) is 5.74. The van der Waals surface area contributed by atoms with Crippen LogP contribution < -0.4 is 11.3 Å². The van der Waals surface area contributed by atoms with Gasteiger partial charge in [-0.2, -0.15) is 0 Å². The first kappa shape index (κ1) is 20.1. The van der Waals surface area contributed by atoms with Crippen LogP contribution >= 0.6 is 0 Å². The second kappa shape index (κ2) is 8.28. The fraction of sp³-hybridized carbons (Fsp3) is 0.667. The van der Waals surface area contributed by atoms with Crippen LogP contribution in [-0.4, -0.2) is 66.1 Å². The molecule has 1 saturated heterocycles. The van der Waals surface area contributed by atoms with E-state index in [0.29, 0.717) is 26.1 Å². The lowest BCUT2D eigenvalue weighted by Crippen LogP contribution is -2.47. The summed E-state index contributed by atoms with van der Waals surface area (Å²) < 4.78 is 6.82. The van der Waals surface area contributed by atoms with Gasteiger partial charge in [-0.3, -0.25) is 14.4 Å². The molecule has 1 aliphatic carbocycles. The molecule has 1 aromatic heterocycles. The van der Waals surface area contributed by atoms with Crippen LogP contribution in [-0.2, 0) is 22.5 Å². The lowest BCUT2D eigenvalue weighted by Gasteiger charge is -2.37. The Morgan fingerprint density at radius 3 is 2.72 bits per heavy atom. The molecule has 3 aliphatic rings. The average molecular weight is 402 g/mol. The predicted octanol–water partition coefficient (Wildman–Crippen LogP) is 0.525. The number of aromatic nitrogens is 1. The number of hydrogen-bond donors (Lipinski definition) is 1. The average Bonchev–Trinajstić information content (AvgIpc) is 3.56. The molecular weight excluding hydrogens is 372 g/mol. The van der Waals surface area contributed by atoms with Crippen LogP contribution in [0.25, 0.3) is 0 Å². The first-order chi connectivity index (χ1) is 14.0. The number of nitrogens with zero attached hydrogens (tertiary/aromatic N) is 3. The summed E-state index contributed by atoms with van der Waals surface area (Å²) in [5, 5.41) is 0. The number of likely N-dealkylation sites (tertiary alicyclic amines) is 1. The van der Waals surface area contributed by atoms with Crippen molar-refractivity contribution in [3.8, 4) is 0 Å². The molecule has 2 amide bonds. The van der Waals surface area contributed by atoms with E-state index >= 15 is 0 Å². The third-order valence-corrected chi connectivity index (χ3v) is 6.39. The highest BCUT2D eigenvalue weighted by Gasteiger charge is 2.34. The Hall–Kier alpha value is -2.19. The summed E-state index contributed by atoms with van der Waals surface area (Å²) in [6, 6.07) is 0.157. The molecule has 1 aromatic rings. The van der Waals surface area contributed by atoms with E-state index in [1.807, 2.05) is 11.1 Å². The number of pyridine rings is 1. The molecule has 29 heavy (non-hydrogen) atoms. The van der Waals surface area contributed by atoms with Crippen LogP contribution in [0, 0.1) is 5.92 Å². The number of hydrogen-bond acceptors (Lipinski definition) is 5. The normalized spacial score (nSPS) is 22.4. The lowest BCUT2D eigenvalue weighted by atomic mass is 9.92. The molecule has 4 rings (SSSR count). The number of methoxy groups -OCH3 is 1. The predicted molar refractivity (Wildman–Crippen MR) is 108 cm³/mol. The van der Waals surface area contributed by atoms with E-state index in [1.165, 1.54) is 0 Å². The Labute approximate surface area is 170 Å². The largest absolute Gasteiger partial charge is 0.383 e. The van der Waals surface area contributed by atoms with Gasteiger partial charge in [-0.1, -0.05) is 0 Å². The van der Waals surface area contributed by atoms with Gasteiger partial charge in [0.2, 0.25) is 5.91 Å². The molecule has 1 atom stereocenters. The highest BCUT2D eigenvalue weighted by Crippen LogP contribution is 2.35. The number of piperidine rings is 1. The van der Waals surface area contributed by atoms with Gasteiger partial charge in [-0.25, -0.2) is 0 Å². The smallest absolute Gasteiger partial charge is 0.263 e. The molecule has 0 bridgehead atoms. The van der Waals surface area contributed by atoms with Crippen molar-refractivity contribution in [2.75, 3.05) is 39.9 Å². The van der Waals surface area contributed by atoms with Crippen molar-refractivity contribution in [1.29, 1.82) is 0 Å². The maximum Gasteiger partial charge on any atom is 0.263 e. The third-order valence-electron chi connectivity index (χ3n) is 6.39. The molecule has 8 nitrogen and oxygen atoms in total. The number of carbonyl (C=O) groups is 2. The van der Waals surface area contributed by atoms with Crippen molar-refractivity contribution in [3.63, 3.8) is 0 Å². The van der Waals surface area contributed by atoms with Gasteiger partial charge in [0.05, 0.1) is 12.5 Å². The van der Waals surface area contributed by atoms with Gasteiger partial charge >= 0.3 is 0 Å². The fourth-order valence-corrected chi connectivity index (χ4v) is 4.68. The fourth-order valence-electron chi connectivity index (χ4n) is 4.68. The Balaban J connectivity index is 1.53. The highest BCUT2D eigenvalue weighted by atomic mass is 16.5. The van der Waals surface area contributed by atoms with E-state index in [9.17, 15) is 14.4 Å². The second-order valence-corrected chi connectivity index (χ2v) is 8.46. The minimum absolute atomic E-state index is 0.00731. The molecule has 8 heteroatoms. The summed E-state index contributed by atoms with van der Waals surface area (Å²) in [5.41, 5.74) is 7.00. The van der Waals surface area contributed by atoms with Crippen molar-refractivity contribution in [3.05, 3.63) is 33.2 Å². The number of primary amides is 1. The summed E-state index contributed by atoms with van der Waals surface area (Å²) in [6.07, 6.45) is 6.16. The number of fused-ring (bicyclic) bond motifs is 1. The summed E-state index contributed by atoms with van der Waals surface area (Å²) in [5.74, 6) is -0.503. The minimum atomic E-state index is -0.665. The van der Waals surface area contributed by atoms with Gasteiger partial charge in [0.25, 0.3) is 11.5 Å². The van der Waals surface area contributed by atoms with E-state index in [-0.39, 0.29) is 29.0 Å². The van der Waals surface area contributed by atoms with Crippen LogP contribution in [0.2, 0.25) is 0 Å². The van der Waals surface area contributed by atoms with Gasteiger partial charge in [-0.15, -0.1) is 0 Å². The zero-order valence-electron chi connectivity index (χ0n) is 17.1. The van der Waals surface area contributed by atoms with Crippen LogP contribution in [0.3, 0.4) is 0 Å². The van der Waals surface area contributed by atoms with Crippen molar-refractivity contribution < 1.29 is 14.3 Å². The molecule has 158 valence electrons. The van der Waals surface area contributed by atoms with Crippen LogP contribution in [0.4, 0.5) is 0 Å². The standard InChI is InChI=1S/C21H30N4O4/c1-29-10-9-23-7-2-3-14(11-23)20(27)24-8-6-17-15(12-24)13-25(16-4-5-16)21(28)18(17)19(22)26/h13-14,16H,2-12H2,1H3,(H2,22,26). The number of nitrogens with two attached hydrogens (primary N) is 1. The summed E-state index contributed by atoms with van der Waals surface area (Å²) in [7, 11) is 1.69. The Bertz CT molecular complexity index is 861. The van der Waals surface area contributed by atoms with Crippen LogP contribution in [0.15, 0.2) is 11.0 Å². The van der Waals surface area contributed by atoms with Gasteiger partial charge in [0, 0.05) is 45.5 Å². The number of ether oxygens (including phenoxy) is 1. The number of amides is 2. The first-order valence-electron chi connectivity index (χ1n) is 10.6. The van der Waals surface area contributed by atoms with Crippen molar-refractivity contribution in [2.45, 2.75) is 44.7 Å². The maximum absolute atomic E-state index is 13.2. The lowest BCUT2D eigenvalue weighted by molar-refractivity contribution is -0.138. The quantitative estimate of drug-likeness (QED) is 0.748. The van der Waals surface area contributed by atoms with Crippen molar-refractivity contribution in [2.24, 2.45) is 11.7 Å². The van der Waals surface area contributed by atoms with E-state index in [1.54, 1.807) is 11.7 Å². The molecule has 2 fully saturated rings. The molecule has 1 saturated carbocycles. The molecule has 3 heterocycles. The van der Waals surface area contributed by atoms with Crippen LogP contribution in [0.1, 0.15) is 53.2 Å². The maximum atomic E-state index is 13.2. The van der Waals surface area contributed by atoms with Gasteiger partial charge < -0.3 is 24.8 Å². The monoisotopic (exact) mass is 402 g/mol. The Morgan fingerprint density at radius 1 is 1.24 bits per heavy atom. The van der Waals surface area contributed by atoms with E-state index in [0.717, 1.165) is 56.4 Å². The van der Waals surface area contributed by atoms with Gasteiger partial charge in [-0.05, 0) is 49.8 Å². The van der Waals surface area contributed by atoms with E-state index in [4.69, 9.17) is 10.5 Å². The number of rotatable bonds is 6. The molecule has 0 aromatic carbocycles. The topological polar surface area (TPSA) is 97.9 Å². The van der Waals surface area contributed by atoms with Crippen molar-refractivity contribution in [1.82, 2.24) is 14.4 Å². The van der Waals surface area contributed by atoms with Crippen molar-refractivity contribution >= 4 is 11.8 Å². The van der Waals surface area contributed by atoms with Gasteiger partial charge in [0.1, 0.15) is 5.56 Å². The highest BCUT2D eigenvalue weighted by molar-refractivity contribution is 5.94. The molecule has 0 radical (unpaired) electrons. The molecule has 0 spiro atoms. The zero-order chi connectivity index (χ0) is 20.5. The summed E-state index contributed by atoms with van der Waals surface area (Å²) in [4.78, 5) is 42.1. The molecular formula is C21H30N4O4. The Morgan fingerprint density at radius 2 is 2.03 bits per heavy atom. The third kappa shape index (κ3) is 4.09. The zero-order valence-corrected chi connectivity index (χ0v) is 17.1. The minimum Gasteiger partial charge on any atom is -0.383 e. The molecule has 1 unspecified atom stereocenters. The van der Waals surface area contributed by atoms with Gasteiger partial charge in [0.15, 0.2) is 0 Å². The second-order valence-electron chi connectivity index (χ2n) is 8.46. The van der Waals surface area contributed by atoms with E-state index in [2.05, 4.69) is 4.90 Å². The molecule has 2 aliphatic heterocycles. The molecule has 2 N–H and O–H groups in total. The summed E-state index contributed by atoms with van der Waals surface area (Å²) >= 11 is 0. The number of carbonyl (C=O) groups excluding carboxylic acids is 2. The first-order valence-corrected chi connectivity index (χ1v) is 10.6. The summed E-state index contributed by atoms with van der Waals surface area (Å²) in [6.45, 7) is 4.25. The van der Waals surface area contributed by atoms with Crippen LogP contribution in [0.5, 0.6) is 0 Å². The SMILES string of the molecule is COCCN1CCCC(C(=O)N2CCc3c(cn(C4CC4)c(=O)c3C(N)=O)C2)C1. The van der Waals surface area contributed by atoms with E-state index < -0.39 is 5.91 Å².